The average molecular weight is 319 g/mol. The summed E-state index contributed by atoms with van der Waals surface area (Å²) in [5.74, 6) is 1.53. The molecule has 1 aliphatic rings. The molecule has 1 aliphatic carbocycles. The van der Waals surface area contributed by atoms with Crippen LogP contribution in [0.25, 0.3) is 15.5 Å². The third-order valence-electron chi connectivity index (χ3n) is 4.10. The molecule has 0 bridgehead atoms. The summed E-state index contributed by atoms with van der Waals surface area (Å²) < 4.78 is 1.93. The van der Waals surface area contributed by atoms with Crippen molar-refractivity contribution in [3.63, 3.8) is 0 Å². The van der Waals surface area contributed by atoms with Crippen LogP contribution in [0.2, 0.25) is 0 Å². The lowest BCUT2D eigenvalue weighted by Gasteiger charge is -2.18. The number of rotatable bonds is 2. The van der Waals surface area contributed by atoms with Gasteiger partial charge in [0.1, 0.15) is 0 Å². The van der Waals surface area contributed by atoms with Crippen molar-refractivity contribution in [2.45, 2.75) is 44.9 Å². The molecular formula is C14H17N5S2. The zero-order chi connectivity index (χ0) is 14.4. The largest absolute Gasteiger partial charge is 0.390 e. The van der Waals surface area contributed by atoms with Gasteiger partial charge in [-0.3, -0.25) is 0 Å². The lowest BCUT2D eigenvalue weighted by atomic mass is 9.89. The molecule has 110 valence electrons. The topological polar surface area (TPSA) is 69.1 Å². The maximum atomic E-state index is 6.08. The summed E-state index contributed by atoms with van der Waals surface area (Å²) in [7, 11) is 0. The molecule has 3 heterocycles. The molecule has 0 atom stereocenters. The Morgan fingerprint density at radius 3 is 2.71 bits per heavy atom. The van der Waals surface area contributed by atoms with Crippen LogP contribution in [0.5, 0.6) is 0 Å². The van der Waals surface area contributed by atoms with Crippen LogP contribution in [-0.2, 0) is 0 Å². The van der Waals surface area contributed by atoms with E-state index in [0.29, 0.717) is 5.92 Å². The SMILES string of the molecule is Cc1cc(-c2nn3c(C4CCCCC4)nnc3s2)c(N)s1. The number of thiophene rings is 1. The van der Waals surface area contributed by atoms with Crippen molar-refractivity contribution in [3.05, 3.63) is 16.8 Å². The highest BCUT2D eigenvalue weighted by Crippen LogP contribution is 2.37. The summed E-state index contributed by atoms with van der Waals surface area (Å²) >= 11 is 3.18. The monoisotopic (exact) mass is 319 g/mol. The van der Waals surface area contributed by atoms with Gasteiger partial charge in [0.15, 0.2) is 10.8 Å². The van der Waals surface area contributed by atoms with Gasteiger partial charge >= 0.3 is 0 Å². The molecule has 0 saturated heterocycles. The van der Waals surface area contributed by atoms with Gasteiger partial charge < -0.3 is 5.73 Å². The van der Waals surface area contributed by atoms with Crippen LogP contribution in [0.15, 0.2) is 6.07 Å². The van der Waals surface area contributed by atoms with Gasteiger partial charge in [0.25, 0.3) is 0 Å². The second-order valence-corrected chi connectivity index (χ2v) is 7.87. The molecular weight excluding hydrogens is 302 g/mol. The number of aryl methyl sites for hydroxylation is 1. The molecule has 1 saturated carbocycles. The van der Waals surface area contributed by atoms with Crippen LogP contribution in [0.4, 0.5) is 5.00 Å². The van der Waals surface area contributed by atoms with E-state index in [1.54, 1.807) is 22.7 Å². The molecule has 0 unspecified atom stereocenters. The Balaban J connectivity index is 1.76. The Labute approximate surface area is 130 Å². The summed E-state index contributed by atoms with van der Waals surface area (Å²) in [5, 5.41) is 15.2. The minimum absolute atomic E-state index is 0.505. The number of hydrogen-bond acceptors (Lipinski definition) is 6. The van der Waals surface area contributed by atoms with E-state index in [0.717, 1.165) is 26.4 Å². The van der Waals surface area contributed by atoms with Crippen molar-refractivity contribution in [1.29, 1.82) is 0 Å². The summed E-state index contributed by atoms with van der Waals surface area (Å²) in [5.41, 5.74) is 7.11. The highest BCUT2D eigenvalue weighted by molar-refractivity contribution is 7.21. The quantitative estimate of drug-likeness (QED) is 0.779. The maximum absolute atomic E-state index is 6.08. The number of anilines is 1. The van der Waals surface area contributed by atoms with Gasteiger partial charge in [-0.05, 0) is 25.8 Å². The lowest BCUT2D eigenvalue weighted by molar-refractivity contribution is 0.423. The van der Waals surface area contributed by atoms with Crippen molar-refractivity contribution in [3.8, 4) is 10.6 Å². The molecule has 0 spiro atoms. The van der Waals surface area contributed by atoms with Crippen LogP contribution in [0.3, 0.4) is 0 Å². The van der Waals surface area contributed by atoms with Crippen molar-refractivity contribution < 1.29 is 0 Å². The standard InChI is InChI=1S/C14H17N5S2/c1-8-7-10(11(15)20-8)13-18-19-12(16-17-14(19)21-13)9-5-3-2-4-6-9/h7,9H,2-6,15H2,1H3. The minimum Gasteiger partial charge on any atom is -0.390 e. The second-order valence-electron chi connectivity index (χ2n) is 5.63. The Morgan fingerprint density at radius 1 is 1.19 bits per heavy atom. The molecule has 3 aromatic heterocycles. The van der Waals surface area contributed by atoms with E-state index in [1.165, 1.54) is 37.0 Å². The second kappa shape index (κ2) is 5.06. The van der Waals surface area contributed by atoms with Crippen LogP contribution >= 0.6 is 22.7 Å². The van der Waals surface area contributed by atoms with Gasteiger partial charge in [0.2, 0.25) is 4.96 Å². The number of fused-ring (bicyclic) bond motifs is 1. The molecule has 0 amide bonds. The average Bonchev–Trinajstić information content (AvgIpc) is 3.13. The molecule has 5 nitrogen and oxygen atoms in total. The van der Waals surface area contributed by atoms with Gasteiger partial charge in [-0.2, -0.15) is 9.61 Å². The fourth-order valence-electron chi connectivity index (χ4n) is 3.06. The molecule has 0 radical (unpaired) electrons. The third kappa shape index (κ3) is 2.24. The first-order valence-corrected chi connectivity index (χ1v) is 8.94. The zero-order valence-electron chi connectivity index (χ0n) is 11.9. The normalized spacial score (nSPS) is 16.8. The molecule has 3 aromatic rings. The zero-order valence-corrected chi connectivity index (χ0v) is 13.5. The maximum Gasteiger partial charge on any atom is 0.234 e. The first-order chi connectivity index (χ1) is 10.2. The predicted molar refractivity (Wildman–Crippen MR) is 86.9 cm³/mol. The molecule has 7 heteroatoms. The molecule has 1 fully saturated rings. The van der Waals surface area contributed by atoms with Crippen molar-refractivity contribution in [1.82, 2.24) is 19.8 Å². The predicted octanol–water partition coefficient (Wildman–Crippen LogP) is 3.85. The van der Waals surface area contributed by atoms with Crippen molar-refractivity contribution in [2.75, 3.05) is 5.73 Å². The minimum atomic E-state index is 0.505. The Morgan fingerprint density at radius 2 is 2.00 bits per heavy atom. The number of aromatic nitrogens is 4. The van der Waals surface area contributed by atoms with E-state index >= 15 is 0 Å². The molecule has 0 aromatic carbocycles. The highest BCUT2D eigenvalue weighted by Gasteiger charge is 2.23. The van der Waals surface area contributed by atoms with E-state index in [2.05, 4.69) is 23.2 Å². The Hall–Kier alpha value is -1.47. The lowest BCUT2D eigenvalue weighted by Crippen LogP contribution is -2.09. The van der Waals surface area contributed by atoms with E-state index in [1.807, 2.05) is 4.52 Å². The summed E-state index contributed by atoms with van der Waals surface area (Å²) in [6, 6.07) is 2.10. The number of nitrogens with two attached hydrogens (primary N) is 1. The van der Waals surface area contributed by atoms with E-state index in [-0.39, 0.29) is 0 Å². The van der Waals surface area contributed by atoms with E-state index < -0.39 is 0 Å². The van der Waals surface area contributed by atoms with Crippen LogP contribution in [0, 0.1) is 6.92 Å². The van der Waals surface area contributed by atoms with Crippen molar-refractivity contribution in [2.24, 2.45) is 0 Å². The van der Waals surface area contributed by atoms with Gasteiger partial charge in [-0.1, -0.05) is 30.6 Å². The first-order valence-electron chi connectivity index (χ1n) is 7.31. The number of nitrogens with zero attached hydrogens (tertiary/aromatic N) is 4. The fraction of sp³-hybridized carbons (Fsp3) is 0.500. The van der Waals surface area contributed by atoms with Crippen LogP contribution in [0.1, 0.15) is 48.7 Å². The summed E-state index contributed by atoms with van der Waals surface area (Å²) in [4.78, 5) is 2.08. The summed E-state index contributed by atoms with van der Waals surface area (Å²) in [6.07, 6.45) is 6.31. The van der Waals surface area contributed by atoms with Gasteiger partial charge in [-0.25, -0.2) is 0 Å². The molecule has 0 aliphatic heterocycles. The molecule has 2 N–H and O–H groups in total. The van der Waals surface area contributed by atoms with E-state index in [4.69, 9.17) is 10.8 Å². The summed E-state index contributed by atoms with van der Waals surface area (Å²) in [6.45, 7) is 2.07. The highest BCUT2D eigenvalue weighted by atomic mass is 32.1. The third-order valence-corrected chi connectivity index (χ3v) is 5.91. The smallest absolute Gasteiger partial charge is 0.234 e. The number of nitrogen functional groups attached to an aromatic ring is 1. The van der Waals surface area contributed by atoms with Crippen molar-refractivity contribution >= 4 is 32.6 Å². The number of hydrogen-bond donors (Lipinski definition) is 1. The van der Waals surface area contributed by atoms with Gasteiger partial charge in [-0.15, -0.1) is 21.5 Å². The van der Waals surface area contributed by atoms with Crippen LogP contribution in [-0.4, -0.2) is 19.8 Å². The molecule has 21 heavy (non-hydrogen) atoms. The van der Waals surface area contributed by atoms with Gasteiger partial charge in [0, 0.05) is 16.4 Å². The Bertz CT molecular complexity index is 779. The van der Waals surface area contributed by atoms with Gasteiger partial charge in [0.05, 0.1) is 5.00 Å². The fourth-order valence-corrected chi connectivity index (χ4v) is 4.79. The van der Waals surface area contributed by atoms with E-state index in [9.17, 15) is 0 Å². The van der Waals surface area contributed by atoms with Crippen LogP contribution < -0.4 is 5.73 Å². The Kier molecular flexibility index (Phi) is 3.19. The first kappa shape index (κ1) is 13.2. The molecule has 4 rings (SSSR count).